The highest BCUT2D eigenvalue weighted by Gasteiger charge is 2.22. The van der Waals surface area contributed by atoms with Gasteiger partial charge in [-0.3, -0.25) is 9.36 Å². The predicted octanol–water partition coefficient (Wildman–Crippen LogP) is 4.78. The van der Waals surface area contributed by atoms with E-state index in [-0.39, 0.29) is 10.9 Å². The lowest BCUT2D eigenvalue weighted by Gasteiger charge is -2.14. The number of para-hydroxylation sites is 1. The van der Waals surface area contributed by atoms with E-state index in [4.69, 9.17) is 21.6 Å². The number of benzene rings is 2. The van der Waals surface area contributed by atoms with Gasteiger partial charge < -0.3 is 10.1 Å². The fraction of sp³-hybridized carbons (Fsp3) is 0.182. The van der Waals surface area contributed by atoms with Gasteiger partial charge in [-0.25, -0.2) is 0 Å². The Bertz CT molecular complexity index is 1160. The summed E-state index contributed by atoms with van der Waals surface area (Å²) in [6.07, 6.45) is 1.75. The van der Waals surface area contributed by atoms with E-state index in [1.807, 2.05) is 34.9 Å². The first-order chi connectivity index (χ1) is 15.0. The van der Waals surface area contributed by atoms with Crippen LogP contribution < -0.4 is 10.1 Å². The van der Waals surface area contributed by atoms with Crippen LogP contribution in [-0.2, 0) is 11.3 Å². The maximum atomic E-state index is 12.7. The second kappa shape index (κ2) is 10.2. The Morgan fingerprint density at radius 3 is 2.84 bits per heavy atom. The first-order valence-corrected chi connectivity index (χ1v) is 10.6. The van der Waals surface area contributed by atoms with Gasteiger partial charge in [-0.05, 0) is 37.3 Å². The van der Waals surface area contributed by atoms with Gasteiger partial charge in [0.1, 0.15) is 11.8 Å². The summed E-state index contributed by atoms with van der Waals surface area (Å²) in [6.45, 7) is 6.07. The number of ether oxygens (including phenoxy) is 1. The van der Waals surface area contributed by atoms with Gasteiger partial charge in [0.2, 0.25) is 5.91 Å². The number of allylic oxidation sites excluding steroid dienone is 1. The molecule has 7 nitrogen and oxygen atoms in total. The first-order valence-electron chi connectivity index (χ1n) is 9.33. The van der Waals surface area contributed by atoms with E-state index in [0.717, 1.165) is 5.56 Å². The molecule has 1 heterocycles. The molecule has 1 atom stereocenters. The summed E-state index contributed by atoms with van der Waals surface area (Å²) in [7, 11) is 1.60. The summed E-state index contributed by atoms with van der Waals surface area (Å²) in [5, 5.41) is 20.8. The maximum Gasteiger partial charge on any atom is 0.237 e. The number of nitrogens with zero attached hydrogens (tertiary/aromatic N) is 4. The molecular formula is C22H20ClN5O2S. The fourth-order valence-electron chi connectivity index (χ4n) is 2.84. The summed E-state index contributed by atoms with van der Waals surface area (Å²) >= 11 is 7.33. The van der Waals surface area contributed by atoms with Crippen LogP contribution >= 0.6 is 23.4 Å². The van der Waals surface area contributed by atoms with E-state index in [9.17, 15) is 4.79 Å². The van der Waals surface area contributed by atoms with Crippen molar-refractivity contribution in [1.29, 1.82) is 5.26 Å². The number of amides is 1. The Morgan fingerprint density at radius 1 is 1.39 bits per heavy atom. The van der Waals surface area contributed by atoms with E-state index >= 15 is 0 Å². The van der Waals surface area contributed by atoms with Crippen LogP contribution in [0.25, 0.3) is 11.4 Å². The molecule has 1 unspecified atom stereocenters. The van der Waals surface area contributed by atoms with Gasteiger partial charge >= 0.3 is 0 Å². The molecule has 0 spiro atoms. The van der Waals surface area contributed by atoms with Crippen LogP contribution in [0.1, 0.15) is 12.5 Å². The highest BCUT2D eigenvalue weighted by molar-refractivity contribution is 8.00. The third-order valence-electron chi connectivity index (χ3n) is 4.38. The monoisotopic (exact) mass is 453 g/mol. The van der Waals surface area contributed by atoms with Crippen molar-refractivity contribution in [3.63, 3.8) is 0 Å². The van der Waals surface area contributed by atoms with Gasteiger partial charge in [-0.1, -0.05) is 41.6 Å². The van der Waals surface area contributed by atoms with Crippen LogP contribution in [0.5, 0.6) is 5.75 Å². The van der Waals surface area contributed by atoms with Gasteiger partial charge in [-0.15, -0.1) is 16.8 Å². The standard InChI is InChI=1S/C22H20ClN5O2S/c1-4-11-28-20(17-7-5-6-8-19(17)30-3)26-27-22(28)31-14(2)21(29)25-16-10-9-15(13-24)18(23)12-16/h4-10,12,14H,1,11H2,2-3H3,(H,25,29). The summed E-state index contributed by atoms with van der Waals surface area (Å²) in [5.74, 6) is 1.09. The number of anilines is 1. The number of thioether (sulfide) groups is 1. The van der Waals surface area contributed by atoms with Crippen molar-refractivity contribution in [3.8, 4) is 23.2 Å². The molecular weight excluding hydrogens is 434 g/mol. The summed E-state index contributed by atoms with van der Waals surface area (Å²) < 4.78 is 7.33. The lowest BCUT2D eigenvalue weighted by atomic mass is 10.2. The first kappa shape index (κ1) is 22.4. The molecule has 0 aliphatic heterocycles. The van der Waals surface area contributed by atoms with Crippen LogP contribution in [-0.4, -0.2) is 33.0 Å². The number of carbonyl (C=O) groups is 1. The van der Waals surface area contributed by atoms with Crippen molar-refractivity contribution in [2.75, 3.05) is 12.4 Å². The molecule has 1 aromatic heterocycles. The predicted molar refractivity (Wildman–Crippen MR) is 122 cm³/mol. The van der Waals surface area contributed by atoms with Crippen LogP contribution in [0.3, 0.4) is 0 Å². The Labute approximate surface area is 189 Å². The largest absolute Gasteiger partial charge is 0.496 e. The van der Waals surface area contributed by atoms with E-state index in [1.165, 1.54) is 11.8 Å². The third-order valence-corrected chi connectivity index (χ3v) is 5.78. The van der Waals surface area contributed by atoms with Crippen molar-refractivity contribution in [2.45, 2.75) is 23.9 Å². The molecule has 0 saturated carbocycles. The summed E-state index contributed by atoms with van der Waals surface area (Å²) in [6, 6.07) is 14.3. The Hall–Kier alpha value is -3.28. The summed E-state index contributed by atoms with van der Waals surface area (Å²) in [5.41, 5.74) is 1.67. The van der Waals surface area contributed by atoms with E-state index in [1.54, 1.807) is 38.3 Å². The molecule has 3 rings (SSSR count). The van der Waals surface area contributed by atoms with E-state index in [2.05, 4.69) is 22.1 Å². The zero-order chi connectivity index (χ0) is 22.4. The molecule has 0 bridgehead atoms. The van der Waals surface area contributed by atoms with Gasteiger partial charge in [-0.2, -0.15) is 5.26 Å². The van der Waals surface area contributed by atoms with Crippen molar-refractivity contribution in [1.82, 2.24) is 14.8 Å². The Kier molecular flexibility index (Phi) is 7.34. The zero-order valence-corrected chi connectivity index (χ0v) is 18.6. The molecule has 158 valence electrons. The highest BCUT2D eigenvalue weighted by Crippen LogP contribution is 2.32. The normalized spacial score (nSPS) is 11.4. The van der Waals surface area contributed by atoms with Gasteiger partial charge in [0.05, 0.1) is 28.5 Å². The van der Waals surface area contributed by atoms with E-state index < -0.39 is 5.25 Å². The molecule has 0 aliphatic rings. The van der Waals surface area contributed by atoms with Crippen molar-refractivity contribution in [2.24, 2.45) is 0 Å². The SMILES string of the molecule is C=CCn1c(SC(C)C(=O)Nc2ccc(C#N)c(Cl)c2)nnc1-c1ccccc1OC. The second-order valence-corrected chi connectivity index (χ2v) is 8.18. The van der Waals surface area contributed by atoms with Gasteiger partial charge in [0.25, 0.3) is 0 Å². The van der Waals surface area contributed by atoms with Crippen LogP contribution in [0.2, 0.25) is 5.02 Å². The van der Waals surface area contributed by atoms with Crippen molar-refractivity contribution >= 4 is 35.0 Å². The van der Waals surface area contributed by atoms with Crippen molar-refractivity contribution < 1.29 is 9.53 Å². The molecule has 31 heavy (non-hydrogen) atoms. The molecule has 1 amide bonds. The van der Waals surface area contributed by atoms with Gasteiger partial charge in [0.15, 0.2) is 11.0 Å². The third kappa shape index (κ3) is 5.08. The molecule has 0 aliphatic carbocycles. The molecule has 0 saturated heterocycles. The lowest BCUT2D eigenvalue weighted by molar-refractivity contribution is -0.115. The zero-order valence-electron chi connectivity index (χ0n) is 17.0. The number of nitrogens with one attached hydrogen (secondary N) is 1. The Morgan fingerprint density at radius 2 is 2.16 bits per heavy atom. The van der Waals surface area contributed by atoms with Gasteiger partial charge in [0, 0.05) is 12.2 Å². The number of nitriles is 1. The number of carbonyl (C=O) groups excluding carboxylic acids is 1. The molecule has 1 N–H and O–H groups in total. The molecule has 0 radical (unpaired) electrons. The topological polar surface area (TPSA) is 92.8 Å². The number of methoxy groups -OCH3 is 1. The highest BCUT2D eigenvalue weighted by atomic mass is 35.5. The van der Waals surface area contributed by atoms with E-state index in [0.29, 0.717) is 34.5 Å². The minimum atomic E-state index is -0.465. The number of halogens is 1. The fourth-order valence-corrected chi connectivity index (χ4v) is 3.92. The minimum Gasteiger partial charge on any atom is -0.496 e. The van der Waals surface area contributed by atoms with Crippen molar-refractivity contribution in [3.05, 3.63) is 65.7 Å². The average molecular weight is 454 g/mol. The quantitative estimate of drug-likeness (QED) is 0.389. The smallest absolute Gasteiger partial charge is 0.237 e. The number of aromatic nitrogens is 3. The minimum absolute atomic E-state index is 0.224. The molecule has 9 heteroatoms. The molecule has 0 fully saturated rings. The van der Waals surface area contributed by atoms with Crippen LogP contribution in [0.15, 0.2) is 60.3 Å². The number of rotatable bonds is 8. The maximum absolute atomic E-state index is 12.7. The molecule has 2 aromatic carbocycles. The number of hydrogen-bond donors (Lipinski definition) is 1. The van der Waals surface area contributed by atoms with Crippen LogP contribution in [0.4, 0.5) is 5.69 Å². The molecule has 3 aromatic rings. The lowest BCUT2D eigenvalue weighted by Crippen LogP contribution is -2.23. The Balaban J connectivity index is 1.81. The average Bonchev–Trinajstić information content (AvgIpc) is 3.16. The summed E-state index contributed by atoms with van der Waals surface area (Å²) in [4.78, 5) is 12.7. The number of hydrogen-bond acceptors (Lipinski definition) is 6. The second-order valence-electron chi connectivity index (χ2n) is 6.46. The van der Waals surface area contributed by atoms with Crippen LogP contribution in [0, 0.1) is 11.3 Å².